The van der Waals surface area contributed by atoms with Gasteiger partial charge in [0.05, 0.1) is 12.0 Å². The van der Waals surface area contributed by atoms with Crippen LogP contribution in [0, 0.1) is 5.92 Å². The number of hydrogen-bond acceptors (Lipinski definition) is 5. The molecule has 20 heavy (non-hydrogen) atoms. The highest BCUT2D eigenvalue weighted by Gasteiger charge is 2.70. The average molecular weight is 282 g/mol. The largest absolute Gasteiger partial charge is 0.481 e. The summed E-state index contributed by atoms with van der Waals surface area (Å²) >= 11 is 0. The molecule has 4 fully saturated rings. The predicted molar refractivity (Wildman–Crippen MR) is 64.7 cm³/mol. The quantitative estimate of drug-likeness (QED) is 0.618. The molecule has 0 aromatic carbocycles. The third-order valence-corrected chi connectivity index (χ3v) is 5.12. The fraction of sp³-hybridized carbons (Fsp3) is 0.857. The van der Waals surface area contributed by atoms with Gasteiger partial charge in [0.2, 0.25) is 5.79 Å². The summed E-state index contributed by atoms with van der Waals surface area (Å²) in [6, 6.07) is 0. The van der Waals surface area contributed by atoms with Crippen LogP contribution in [0.5, 0.6) is 0 Å². The van der Waals surface area contributed by atoms with Crippen LogP contribution < -0.4 is 0 Å². The van der Waals surface area contributed by atoms with E-state index in [0.29, 0.717) is 19.3 Å². The molecule has 2 aliphatic heterocycles. The fourth-order valence-corrected chi connectivity index (χ4v) is 3.78. The SMILES string of the molecule is O=C(O)C1CCC2OC2(OC(=O)C23CCCCC2O3)C1. The number of epoxide rings is 2. The molecule has 5 unspecified atom stereocenters. The molecule has 0 bridgehead atoms. The summed E-state index contributed by atoms with van der Waals surface area (Å²) < 4.78 is 16.6. The summed E-state index contributed by atoms with van der Waals surface area (Å²) in [6.45, 7) is 0. The molecule has 2 aliphatic carbocycles. The van der Waals surface area contributed by atoms with Gasteiger partial charge in [-0.05, 0) is 32.1 Å². The molecule has 2 saturated carbocycles. The van der Waals surface area contributed by atoms with Crippen molar-refractivity contribution in [1.82, 2.24) is 0 Å². The van der Waals surface area contributed by atoms with Crippen LogP contribution in [-0.4, -0.2) is 40.6 Å². The number of carbonyl (C=O) groups excluding carboxylic acids is 1. The van der Waals surface area contributed by atoms with Crippen LogP contribution in [-0.2, 0) is 23.8 Å². The molecule has 6 heteroatoms. The second-order valence-corrected chi connectivity index (χ2v) is 6.37. The Balaban J connectivity index is 1.44. The van der Waals surface area contributed by atoms with Crippen LogP contribution in [0.4, 0.5) is 0 Å². The topological polar surface area (TPSA) is 88.7 Å². The first-order valence-corrected chi connectivity index (χ1v) is 7.38. The summed E-state index contributed by atoms with van der Waals surface area (Å²) in [6.07, 6.45) is 5.04. The first-order chi connectivity index (χ1) is 9.56. The molecule has 2 saturated heterocycles. The lowest BCUT2D eigenvalue weighted by atomic mass is 9.86. The molecule has 1 N–H and O–H groups in total. The Labute approximate surface area is 116 Å². The monoisotopic (exact) mass is 282 g/mol. The fourth-order valence-electron chi connectivity index (χ4n) is 3.78. The standard InChI is InChI=1S/C14H18O6/c15-11(16)8-4-5-10-14(7-8,19-10)20-12(17)13-6-2-1-3-9(13)18-13/h8-10H,1-7H2,(H,15,16). The van der Waals surface area contributed by atoms with E-state index in [1.54, 1.807) is 0 Å². The van der Waals surface area contributed by atoms with Gasteiger partial charge in [0.1, 0.15) is 6.10 Å². The minimum Gasteiger partial charge on any atom is -0.481 e. The normalized spacial score (nSPS) is 48.7. The lowest BCUT2D eigenvalue weighted by Crippen LogP contribution is -2.40. The zero-order chi connectivity index (χ0) is 14.0. The zero-order valence-electron chi connectivity index (χ0n) is 11.2. The van der Waals surface area contributed by atoms with Gasteiger partial charge >= 0.3 is 11.9 Å². The minimum atomic E-state index is -0.985. The van der Waals surface area contributed by atoms with E-state index < -0.39 is 23.3 Å². The Morgan fingerprint density at radius 3 is 2.70 bits per heavy atom. The van der Waals surface area contributed by atoms with E-state index in [0.717, 1.165) is 19.3 Å². The van der Waals surface area contributed by atoms with E-state index in [9.17, 15) is 9.59 Å². The Morgan fingerprint density at radius 2 is 1.95 bits per heavy atom. The van der Waals surface area contributed by atoms with Crippen molar-refractivity contribution in [2.24, 2.45) is 5.92 Å². The molecule has 4 rings (SSSR count). The van der Waals surface area contributed by atoms with Gasteiger partial charge in [-0.3, -0.25) is 4.79 Å². The Hall–Kier alpha value is -1.14. The lowest BCUT2D eigenvalue weighted by Gasteiger charge is -2.24. The van der Waals surface area contributed by atoms with Crippen molar-refractivity contribution >= 4 is 11.9 Å². The van der Waals surface area contributed by atoms with Crippen molar-refractivity contribution in [3.8, 4) is 0 Å². The molecule has 5 atom stereocenters. The van der Waals surface area contributed by atoms with E-state index in [-0.39, 0.29) is 24.6 Å². The van der Waals surface area contributed by atoms with Crippen molar-refractivity contribution < 1.29 is 28.9 Å². The third-order valence-electron chi connectivity index (χ3n) is 5.12. The smallest absolute Gasteiger partial charge is 0.343 e. The predicted octanol–water partition coefficient (Wildman–Crippen LogP) is 1.22. The van der Waals surface area contributed by atoms with Gasteiger partial charge in [0.25, 0.3) is 0 Å². The van der Waals surface area contributed by atoms with E-state index in [1.807, 2.05) is 0 Å². The van der Waals surface area contributed by atoms with Gasteiger partial charge in [-0.1, -0.05) is 6.42 Å². The first-order valence-electron chi connectivity index (χ1n) is 7.38. The molecule has 6 nitrogen and oxygen atoms in total. The number of hydrogen-bond donors (Lipinski definition) is 1. The van der Waals surface area contributed by atoms with Crippen LogP contribution in [0.1, 0.15) is 44.9 Å². The number of rotatable bonds is 3. The summed E-state index contributed by atoms with van der Waals surface area (Å²) in [5.41, 5.74) is -0.750. The number of ether oxygens (including phenoxy) is 3. The third kappa shape index (κ3) is 1.71. The molecular weight excluding hydrogens is 264 g/mol. The molecule has 0 radical (unpaired) electrons. The van der Waals surface area contributed by atoms with Gasteiger partial charge < -0.3 is 19.3 Å². The van der Waals surface area contributed by atoms with Gasteiger partial charge in [0, 0.05) is 6.42 Å². The number of esters is 1. The summed E-state index contributed by atoms with van der Waals surface area (Å²) in [5.74, 6) is -2.66. The van der Waals surface area contributed by atoms with E-state index in [4.69, 9.17) is 19.3 Å². The molecule has 0 amide bonds. The average Bonchev–Trinajstić information content (AvgIpc) is 3.30. The molecule has 0 spiro atoms. The van der Waals surface area contributed by atoms with Crippen molar-refractivity contribution in [3.05, 3.63) is 0 Å². The maximum atomic E-state index is 12.4. The zero-order valence-corrected chi connectivity index (χ0v) is 11.2. The Kier molecular flexibility index (Phi) is 2.49. The Bertz CT molecular complexity index is 476. The first kappa shape index (κ1) is 12.6. The number of carbonyl (C=O) groups is 2. The van der Waals surface area contributed by atoms with Crippen LogP contribution in [0.2, 0.25) is 0 Å². The van der Waals surface area contributed by atoms with E-state index >= 15 is 0 Å². The maximum Gasteiger partial charge on any atom is 0.343 e. The van der Waals surface area contributed by atoms with Crippen molar-refractivity contribution in [3.63, 3.8) is 0 Å². The second-order valence-electron chi connectivity index (χ2n) is 6.37. The second kappa shape index (κ2) is 3.95. The minimum absolute atomic E-state index is 0.00351. The molecule has 0 aromatic rings. The van der Waals surface area contributed by atoms with Crippen LogP contribution in [0.25, 0.3) is 0 Å². The maximum absolute atomic E-state index is 12.4. The number of carboxylic acid groups (broad SMARTS) is 1. The van der Waals surface area contributed by atoms with Gasteiger partial charge in [-0.2, -0.15) is 0 Å². The highest BCUT2D eigenvalue weighted by atomic mass is 16.8. The molecule has 2 heterocycles. The highest BCUT2D eigenvalue weighted by Crippen LogP contribution is 2.54. The number of aliphatic carboxylic acids is 1. The van der Waals surface area contributed by atoms with Crippen molar-refractivity contribution in [2.45, 2.75) is 68.5 Å². The van der Waals surface area contributed by atoms with Crippen LogP contribution in [0.15, 0.2) is 0 Å². The summed E-state index contributed by atoms with van der Waals surface area (Å²) in [5, 5.41) is 9.11. The van der Waals surface area contributed by atoms with E-state index in [1.165, 1.54) is 0 Å². The van der Waals surface area contributed by atoms with Crippen LogP contribution in [0.3, 0.4) is 0 Å². The number of fused-ring (bicyclic) bond motifs is 2. The van der Waals surface area contributed by atoms with Crippen molar-refractivity contribution in [2.75, 3.05) is 0 Å². The summed E-state index contributed by atoms with van der Waals surface area (Å²) in [4.78, 5) is 23.5. The van der Waals surface area contributed by atoms with Crippen molar-refractivity contribution in [1.29, 1.82) is 0 Å². The van der Waals surface area contributed by atoms with Gasteiger partial charge in [-0.25, -0.2) is 4.79 Å². The molecular formula is C14H18O6. The lowest BCUT2D eigenvalue weighted by molar-refractivity contribution is -0.171. The van der Waals surface area contributed by atoms with Gasteiger partial charge in [0.15, 0.2) is 5.60 Å². The molecule has 110 valence electrons. The van der Waals surface area contributed by atoms with Gasteiger partial charge in [-0.15, -0.1) is 0 Å². The number of carboxylic acids is 1. The summed E-state index contributed by atoms with van der Waals surface area (Å²) in [7, 11) is 0. The van der Waals surface area contributed by atoms with E-state index in [2.05, 4.69) is 0 Å². The Morgan fingerprint density at radius 1 is 1.10 bits per heavy atom. The molecule has 4 aliphatic rings. The molecule has 0 aromatic heterocycles. The van der Waals surface area contributed by atoms with Crippen LogP contribution >= 0.6 is 0 Å². The highest BCUT2D eigenvalue weighted by molar-refractivity contribution is 5.84.